The summed E-state index contributed by atoms with van der Waals surface area (Å²) in [7, 11) is 1.61. The number of benzene rings is 3. The van der Waals surface area contributed by atoms with Gasteiger partial charge in [-0.05, 0) is 47.9 Å². The van der Waals surface area contributed by atoms with Crippen molar-refractivity contribution in [3.05, 3.63) is 89.5 Å². The Bertz CT molecular complexity index is 1210. The van der Waals surface area contributed by atoms with Crippen molar-refractivity contribution in [2.45, 2.75) is 32.2 Å². The number of carbonyl (C=O) groups is 2. The van der Waals surface area contributed by atoms with Gasteiger partial charge in [-0.2, -0.15) is 5.10 Å². The molecule has 0 spiro atoms. The lowest BCUT2D eigenvalue weighted by Gasteiger charge is -2.22. The number of carbonyl (C=O) groups excluding carboxylic acids is 2. The quantitative estimate of drug-likeness (QED) is 0.498. The van der Waals surface area contributed by atoms with Crippen molar-refractivity contribution in [2.75, 3.05) is 12.4 Å². The van der Waals surface area contributed by atoms with Crippen molar-refractivity contribution in [1.29, 1.82) is 0 Å². The number of ether oxygens (including phenoxy) is 1. The molecule has 2 amide bonds. The molecule has 174 valence electrons. The van der Waals surface area contributed by atoms with Crippen LogP contribution in [-0.4, -0.2) is 34.8 Å². The van der Waals surface area contributed by atoms with Crippen molar-refractivity contribution in [3.63, 3.8) is 0 Å². The number of rotatable bonds is 7. The molecular formula is C27H27N3O4. The van der Waals surface area contributed by atoms with E-state index in [4.69, 9.17) is 4.74 Å². The summed E-state index contributed by atoms with van der Waals surface area (Å²) >= 11 is 0. The normalized spacial score (nSPS) is 15.1. The van der Waals surface area contributed by atoms with Gasteiger partial charge in [-0.1, -0.05) is 48.5 Å². The fraction of sp³-hybridized carbons (Fsp3) is 0.222. The molecular weight excluding hydrogens is 430 g/mol. The standard InChI is InChI=1S/C27H27N3O4/c1-18-8-13-22(25(31)16-18)28-26(32)14-15-27(33)30-24(20-9-11-21(34-2)12-10-20)17-23(29-30)19-6-4-3-5-7-19/h3-13,16,24,31H,14-15,17H2,1-2H3,(H,28,32). The highest BCUT2D eigenvalue weighted by Crippen LogP contribution is 2.34. The number of hydrazone groups is 1. The summed E-state index contributed by atoms with van der Waals surface area (Å²) in [5, 5.41) is 18.8. The van der Waals surface area contributed by atoms with E-state index in [2.05, 4.69) is 10.4 Å². The molecule has 7 heteroatoms. The van der Waals surface area contributed by atoms with Crippen LogP contribution in [0.15, 0.2) is 77.9 Å². The molecule has 0 aliphatic carbocycles. The maximum Gasteiger partial charge on any atom is 0.243 e. The third kappa shape index (κ3) is 5.26. The van der Waals surface area contributed by atoms with Gasteiger partial charge in [0, 0.05) is 19.3 Å². The van der Waals surface area contributed by atoms with Gasteiger partial charge in [0.05, 0.1) is 24.6 Å². The number of aryl methyl sites for hydroxylation is 1. The molecule has 0 saturated carbocycles. The summed E-state index contributed by atoms with van der Waals surface area (Å²) < 4.78 is 5.25. The van der Waals surface area contributed by atoms with Crippen LogP contribution in [0.2, 0.25) is 0 Å². The highest BCUT2D eigenvalue weighted by Gasteiger charge is 2.33. The summed E-state index contributed by atoms with van der Waals surface area (Å²) in [6.07, 6.45) is 0.552. The molecule has 1 aliphatic rings. The molecule has 3 aromatic carbocycles. The van der Waals surface area contributed by atoms with Gasteiger partial charge in [0.1, 0.15) is 11.5 Å². The molecule has 3 aromatic rings. The molecule has 2 N–H and O–H groups in total. The van der Waals surface area contributed by atoms with Gasteiger partial charge in [0.25, 0.3) is 0 Å². The maximum absolute atomic E-state index is 13.2. The number of nitrogens with one attached hydrogen (secondary N) is 1. The molecule has 0 fully saturated rings. The summed E-state index contributed by atoms with van der Waals surface area (Å²) in [6.45, 7) is 1.85. The van der Waals surface area contributed by atoms with Gasteiger partial charge in [0.15, 0.2) is 0 Å². The molecule has 4 rings (SSSR count). The van der Waals surface area contributed by atoms with Crippen LogP contribution in [0, 0.1) is 6.92 Å². The first kappa shape index (κ1) is 23.0. The zero-order chi connectivity index (χ0) is 24.1. The minimum Gasteiger partial charge on any atom is -0.506 e. The van der Waals surface area contributed by atoms with Gasteiger partial charge in [-0.3, -0.25) is 9.59 Å². The van der Waals surface area contributed by atoms with E-state index >= 15 is 0 Å². The number of phenols is 1. The monoisotopic (exact) mass is 457 g/mol. The number of hydrogen-bond acceptors (Lipinski definition) is 5. The fourth-order valence-corrected chi connectivity index (χ4v) is 3.93. The van der Waals surface area contributed by atoms with Crippen molar-refractivity contribution in [2.24, 2.45) is 5.10 Å². The molecule has 1 atom stereocenters. The van der Waals surface area contributed by atoms with Crippen LogP contribution in [0.1, 0.15) is 42.0 Å². The second-order valence-electron chi connectivity index (χ2n) is 8.21. The molecule has 1 aliphatic heterocycles. The first-order valence-electron chi connectivity index (χ1n) is 11.1. The predicted molar refractivity (Wildman–Crippen MR) is 131 cm³/mol. The molecule has 0 aromatic heterocycles. The first-order valence-corrected chi connectivity index (χ1v) is 11.1. The third-order valence-electron chi connectivity index (χ3n) is 5.77. The minimum absolute atomic E-state index is 0.00329. The predicted octanol–water partition coefficient (Wildman–Crippen LogP) is 4.81. The lowest BCUT2D eigenvalue weighted by atomic mass is 9.98. The zero-order valence-electron chi connectivity index (χ0n) is 19.2. The second-order valence-corrected chi connectivity index (χ2v) is 8.21. The van der Waals surface area contributed by atoms with Crippen LogP contribution in [0.3, 0.4) is 0 Å². The minimum atomic E-state index is -0.347. The average molecular weight is 458 g/mol. The second kappa shape index (κ2) is 10.2. The molecule has 0 saturated heterocycles. The van der Waals surface area contributed by atoms with Crippen LogP contribution in [0.25, 0.3) is 0 Å². The Morgan fingerprint density at radius 2 is 1.79 bits per heavy atom. The number of hydrogen-bond donors (Lipinski definition) is 2. The Kier molecular flexibility index (Phi) is 6.92. The Morgan fingerprint density at radius 1 is 1.06 bits per heavy atom. The Morgan fingerprint density at radius 3 is 2.47 bits per heavy atom. The highest BCUT2D eigenvalue weighted by atomic mass is 16.5. The van der Waals surface area contributed by atoms with Crippen molar-refractivity contribution < 1.29 is 19.4 Å². The molecule has 0 radical (unpaired) electrons. The van der Waals surface area contributed by atoms with Crippen molar-refractivity contribution >= 4 is 23.2 Å². The Labute approximate surface area is 198 Å². The number of amides is 2. The van der Waals surface area contributed by atoms with E-state index in [9.17, 15) is 14.7 Å². The van der Waals surface area contributed by atoms with E-state index in [0.717, 1.165) is 28.2 Å². The van der Waals surface area contributed by atoms with Crippen LogP contribution >= 0.6 is 0 Å². The highest BCUT2D eigenvalue weighted by molar-refractivity contribution is 6.03. The smallest absolute Gasteiger partial charge is 0.243 e. The van der Waals surface area contributed by atoms with Crippen LogP contribution in [0.4, 0.5) is 5.69 Å². The van der Waals surface area contributed by atoms with Crippen molar-refractivity contribution in [3.8, 4) is 11.5 Å². The number of methoxy groups -OCH3 is 1. The SMILES string of the molecule is COc1ccc(C2CC(c3ccccc3)=NN2C(=O)CCC(=O)Nc2ccc(C)cc2O)cc1. The molecule has 34 heavy (non-hydrogen) atoms. The number of aromatic hydroxyl groups is 1. The number of nitrogens with zero attached hydrogens (tertiary/aromatic N) is 2. The Hall–Kier alpha value is -4.13. The lowest BCUT2D eigenvalue weighted by Crippen LogP contribution is -2.28. The van der Waals surface area contributed by atoms with E-state index < -0.39 is 0 Å². The molecule has 1 heterocycles. The number of anilines is 1. The van der Waals surface area contributed by atoms with E-state index in [1.54, 1.807) is 25.3 Å². The van der Waals surface area contributed by atoms with E-state index in [0.29, 0.717) is 12.1 Å². The van der Waals surface area contributed by atoms with Gasteiger partial charge in [-0.25, -0.2) is 5.01 Å². The zero-order valence-corrected chi connectivity index (χ0v) is 19.2. The fourth-order valence-electron chi connectivity index (χ4n) is 3.93. The summed E-state index contributed by atoms with van der Waals surface area (Å²) in [4.78, 5) is 25.6. The third-order valence-corrected chi connectivity index (χ3v) is 5.77. The molecule has 0 bridgehead atoms. The molecule has 1 unspecified atom stereocenters. The topological polar surface area (TPSA) is 91.2 Å². The van der Waals surface area contributed by atoms with Crippen LogP contribution in [-0.2, 0) is 9.59 Å². The van der Waals surface area contributed by atoms with Crippen LogP contribution in [0.5, 0.6) is 11.5 Å². The maximum atomic E-state index is 13.2. The lowest BCUT2D eigenvalue weighted by molar-refractivity contribution is -0.134. The van der Waals surface area contributed by atoms with Crippen molar-refractivity contribution in [1.82, 2.24) is 5.01 Å². The number of phenolic OH excluding ortho intramolecular Hbond substituents is 1. The van der Waals surface area contributed by atoms with Gasteiger partial charge in [0.2, 0.25) is 11.8 Å². The largest absolute Gasteiger partial charge is 0.506 e. The molecule has 7 nitrogen and oxygen atoms in total. The Balaban J connectivity index is 1.48. The van der Waals surface area contributed by atoms with E-state index in [1.165, 1.54) is 5.01 Å². The summed E-state index contributed by atoms with van der Waals surface area (Å²) in [6, 6.07) is 22.1. The van der Waals surface area contributed by atoms with Gasteiger partial charge < -0.3 is 15.2 Å². The average Bonchev–Trinajstić information content (AvgIpc) is 3.30. The summed E-state index contributed by atoms with van der Waals surface area (Å²) in [5.74, 6) is 0.144. The van der Waals surface area contributed by atoms with E-state index in [1.807, 2.05) is 61.5 Å². The van der Waals surface area contributed by atoms with Gasteiger partial charge in [-0.15, -0.1) is 0 Å². The van der Waals surface area contributed by atoms with Gasteiger partial charge >= 0.3 is 0 Å². The van der Waals surface area contributed by atoms with E-state index in [-0.39, 0.29) is 36.4 Å². The first-order chi connectivity index (χ1) is 16.4. The van der Waals surface area contributed by atoms with Crippen LogP contribution < -0.4 is 10.1 Å². The summed E-state index contributed by atoms with van der Waals surface area (Å²) in [5.41, 5.74) is 3.94.